The van der Waals surface area contributed by atoms with Gasteiger partial charge in [0.15, 0.2) is 6.19 Å². The van der Waals surface area contributed by atoms with Gasteiger partial charge in [0.2, 0.25) is 0 Å². The Balaban J connectivity index is 1.37. The first kappa shape index (κ1) is 21.6. The van der Waals surface area contributed by atoms with E-state index in [-0.39, 0.29) is 12.1 Å². The van der Waals surface area contributed by atoms with Crippen LogP contribution < -0.4 is 4.74 Å². The van der Waals surface area contributed by atoms with Crippen LogP contribution in [0.2, 0.25) is 0 Å². The zero-order valence-corrected chi connectivity index (χ0v) is 20.0. The monoisotopic (exact) mass is 468 g/mol. The van der Waals surface area contributed by atoms with E-state index in [4.69, 9.17) is 15.0 Å². The highest BCUT2D eigenvalue weighted by Gasteiger charge is 2.28. The Kier molecular flexibility index (Phi) is 5.36. The molecular formula is C26H28N8O. The van der Waals surface area contributed by atoms with Crippen LogP contribution >= 0.6 is 0 Å². The molecule has 0 unspecified atom stereocenters. The highest BCUT2D eigenvalue weighted by Crippen LogP contribution is 2.42. The third kappa shape index (κ3) is 3.99. The van der Waals surface area contributed by atoms with Gasteiger partial charge in [0.1, 0.15) is 23.1 Å². The molecule has 6 rings (SSSR count). The first-order chi connectivity index (χ1) is 17.1. The van der Waals surface area contributed by atoms with Crippen molar-refractivity contribution in [2.24, 2.45) is 0 Å². The second-order valence-electron chi connectivity index (χ2n) is 9.53. The van der Waals surface area contributed by atoms with Crippen LogP contribution in [0.5, 0.6) is 5.75 Å². The van der Waals surface area contributed by atoms with E-state index in [9.17, 15) is 0 Å². The molecule has 2 fully saturated rings. The molecule has 1 aliphatic carbocycles. The summed E-state index contributed by atoms with van der Waals surface area (Å²) in [5.74, 6) is 0.788. The molecule has 0 radical (unpaired) electrons. The summed E-state index contributed by atoms with van der Waals surface area (Å²) in [6, 6.07) is 10.8. The minimum Gasteiger partial charge on any atom is -0.482 e. The van der Waals surface area contributed by atoms with Crippen LogP contribution in [-0.4, -0.2) is 47.5 Å². The largest absolute Gasteiger partial charge is 0.482 e. The lowest BCUT2D eigenvalue weighted by Gasteiger charge is -2.28. The van der Waals surface area contributed by atoms with E-state index >= 15 is 0 Å². The van der Waals surface area contributed by atoms with E-state index in [1.165, 1.54) is 12.8 Å². The van der Waals surface area contributed by atoms with E-state index in [0.717, 1.165) is 65.4 Å². The normalized spacial score (nSPS) is 17.5. The number of hydrogen-bond acceptors (Lipinski definition) is 7. The number of likely N-dealkylation sites (tertiary alicyclic amines) is 1. The van der Waals surface area contributed by atoms with Gasteiger partial charge in [-0.1, -0.05) is 11.3 Å². The number of nitriles is 1. The number of ether oxygens (including phenoxy) is 1. The molecule has 1 saturated heterocycles. The molecule has 2 aliphatic rings. The second kappa shape index (κ2) is 8.69. The van der Waals surface area contributed by atoms with Gasteiger partial charge in [0, 0.05) is 30.9 Å². The van der Waals surface area contributed by atoms with Crippen molar-refractivity contribution in [3.05, 3.63) is 54.2 Å². The number of benzene rings is 1. The van der Waals surface area contributed by atoms with Gasteiger partial charge in [-0.25, -0.2) is 9.67 Å². The van der Waals surface area contributed by atoms with Crippen LogP contribution in [0.15, 0.2) is 42.9 Å². The topological polar surface area (TPSA) is 97.7 Å². The van der Waals surface area contributed by atoms with Crippen molar-refractivity contribution in [1.29, 1.82) is 5.26 Å². The first-order valence-corrected chi connectivity index (χ1v) is 12.3. The Hall–Kier alpha value is -3.93. The lowest BCUT2D eigenvalue weighted by atomic mass is 10.0. The van der Waals surface area contributed by atoms with E-state index in [2.05, 4.69) is 45.1 Å². The van der Waals surface area contributed by atoms with E-state index < -0.39 is 0 Å². The van der Waals surface area contributed by atoms with Gasteiger partial charge in [0.05, 0.1) is 29.3 Å². The third-order valence-electron chi connectivity index (χ3n) is 7.14. The number of rotatable bonds is 6. The zero-order chi connectivity index (χ0) is 23.9. The highest BCUT2D eigenvalue weighted by molar-refractivity contribution is 5.88. The van der Waals surface area contributed by atoms with Gasteiger partial charge in [-0.2, -0.15) is 5.26 Å². The number of pyridine rings is 1. The number of fused-ring (bicyclic) bond motifs is 1. The Labute approximate surface area is 204 Å². The highest BCUT2D eigenvalue weighted by atomic mass is 16.5. The molecule has 9 heteroatoms. The minimum atomic E-state index is -0.209. The third-order valence-corrected chi connectivity index (χ3v) is 7.14. The SMILES string of the molecule is Cc1c(-c2cc(O[C@H](C)c3ccccn3)c3c(c2)ncn3C2CC2)nnn1C1CCN(C#N)CC1. The summed E-state index contributed by atoms with van der Waals surface area (Å²) in [7, 11) is 0. The van der Waals surface area contributed by atoms with Gasteiger partial charge in [-0.15, -0.1) is 5.10 Å². The molecule has 1 aliphatic heterocycles. The molecule has 0 N–H and O–H groups in total. The van der Waals surface area contributed by atoms with Crippen LogP contribution in [0.1, 0.15) is 62.2 Å². The fourth-order valence-corrected chi connectivity index (χ4v) is 5.02. The van der Waals surface area contributed by atoms with Crippen molar-refractivity contribution in [3.8, 4) is 23.2 Å². The molecule has 0 spiro atoms. The van der Waals surface area contributed by atoms with Crippen molar-refractivity contribution in [2.75, 3.05) is 13.1 Å². The van der Waals surface area contributed by atoms with Crippen molar-refractivity contribution < 1.29 is 4.74 Å². The fraction of sp³-hybridized carbons (Fsp3) is 0.423. The van der Waals surface area contributed by atoms with Crippen molar-refractivity contribution in [3.63, 3.8) is 0 Å². The molecule has 1 atom stereocenters. The second-order valence-corrected chi connectivity index (χ2v) is 9.53. The smallest absolute Gasteiger partial charge is 0.179 e. The van der Waals surface area contributed by atoms with E-state index in [1.54, 1.807) is 11.1 Å². The van der Waals surface area contributed by atoms with Crippen LogP contribution in [0.3, 0.4) is 0 Å². The van der Waals surface area contributed by atoms with Crippen molar-refractivity contribution in [1.82, 2.24) is 34.4 Å². The molecule has 1 saturated carbocycles. The Morgan fingerprint density at radius 1 is 1.09 bits per heavy atom. The van der Waals surface area contributed by atoms with Crippen LogP contribution in [-0.2, 0) is 0 Å². The predicted octanol–water partition coefficient (Wildman–Crippen LogP) is 4.59. The lowest BCUT2D eigenvalue weighted by Crippen LogP contribution is -2.31. The van der Waals surface area contributed by atoms with Gasteiger partial charge in [-0.05, 0) is 63.8 Å². The summed E-state index contributed by atoms with van der Waals surface area (Å²) in [5.41, 5.74) is 5.60. The van der Waals surface area contributed by atoms with E-state index in [1.807, 2.05) is 36.1 Å². The summed E-state index contributed by atoms with van der Waals surface area (Å²) in [6.45, 7) is 5.59. The Morgan fingerprint density at radius 2 is 1.91 bits per heavy atom. The summed E-state index contributed by atoms with van der Waals surface area (Å²) in [4.78, 5) is 11.0. The summed E-state index contributed by atoms with van der Waals surface area (Å²) < 4.78 is 10.8. The fourth-order valence-electron chi connectivity index (χ4n) is 5.02. The minimum absolute atomic E-state index is 0.209. The van der Waals surface area contributed by atoms with Gasteiger partial charge in [0.25, 0.3) is 0 Å². The quantitative estimate of drug-likeness (QED) is 0.382. The predicted molar refractivity (Wildman–Crippen MR) is 130 cm³/mol. The zero-order valence-electron chi connectivity index (χ0n) is 20.0. The van der Waals surface area contributed by atoms with Crippen molar-refractivity contribution in [2.45, 2.75) is 57.7 Å². The Morgan fingerprint density at radius 3 is 2.63 bits per heavy atom. The maximum absolute atomic E-state index is 9.16. The number of piperidine rings is 1. The van der Waals surface area contributed by atoms with Crippen LogP contribution in [0.4, 0.5) is 0 Å². The summed E-state index contributed by atoms with van der Waals surface area (Å²) in [6.07, 6.45) is 9.86. The Bertz CT molecular complexity index is 1390. The van der Waals surface area contributed by atoms with E-state index in [0.29, 0.717) is 6.04 Å². The number of hydrogen-bond donors (Lipinski definition) is 0. The maximum atomic E-state index is 9.16. The van der Waals surface area contributed by atoms with Gasteiger partial charge >= 0.3 is 0 Å². The first-order valence-electron chi connectivity index (χ1n) is 12.3. The maximum Gasteiger partial charge on any atom is 0.179 e. The summed E-state index contributed by atoms with van der Waals surface area (Å²) >= 11 is 0. The molecule has 0 bridgehead atoms. The van der Waals surface area contributed by atoms with Crippen LogP contribution in [0, 0.1) is 18.4 Å². The van der Waals surface area contributed by atoms with Crippen LogP contribution in [0.25, 0.3) is 22.3 Å². The molecular weight excluding hydrogens is 440 g/mol. The average Bonchev–Trinajstić information content (AvgIpc) is 3.53. The molecule has 9 nitrogen and oxygen atoms in total. The molecule has 1 aromatic carbocycles. The molecule has 0 amide bonds. The lowest BCUT2D eigenvalue weighted by molar-refractivity contribution is 0.224. The van der Waals surface area contributed by atoms with Gasteiger partial charge in [-0.3, -0.25) is 4.98 Å². The van der Waals surface area contributed by atoms with Gasteiger partial charge < -0.3 is 14.2 Å². The standard InChI is InChI=1S/C26H28N8O/c1-17-25(30-31-34(17)21-8-11-32(15-27)12-9-21)19-13-23-26(33(16-29-23)20-6-7-20)24(14-19)35-18(2)22-5-3-4-10-28-22/h3-5,10,13-14,16,18,20-21H,6-9,11-12H2,1-2H3/t18-/m1/s1. The summed E-state index contributed by atoms with van der Waals surface area (Å²) in [5, 5.41) is 18.2. The number of nitrogens with zero attached hydrogens (tertiary/aromatic N) is 8. The van der Waals surface area contributed by atoms with Crippen molar-refractivity contribution >= 4 is 11.0 Å². The number of imidazole rings is 1. The molecule has 35 heavy (non-hydrogen) atoms. The molecule has 4 heterocycles. The molecule has 178 valence electrons. The average molecular weight is 469 g/mol. The number of aromatic nitrogens is 6. The molecule has 3 aromatic heterocycles. The molecule has 4 aromatic rings.